The third-order valence-corrected chi connectivity index (χ3v) is 7.91. The van der Waals surface area contributed by atoms with Crippen LogP contribution in [0.4, 0.5) is 5.69 Å². The summed E-state index contributed by atoms with van der Waals surface area (Å²) in [7, 11) is 1.78. The largest absolute Gasteiger partial charge is 0.342 e. The van der Waals surface area contributed by atoms with Crippen molar-refractivity contribution in [2.75, 3.05) is 25.0 Å². The van der Waals surface area contributed by atoms with Gasteiger partial charge in [0, 0.05) is 49.4 Å². The quantitative estimate of drug-likeness (QED) is 0.451. The average Bonchev–Trinajstić information content (AvgIpc) is 3.74. The van der Waals surface area contributed by atoms with Gasteiger partial charge >= 0.3 is 0 Å². The topological polar surface area (TPSA) is 62.6 Å². The second-order valence-corrected chi connectivity index (χ2v) is 11.4. The maximum absolute atomic E-state index is 13.4. The van der Waals surface area contributed by atoms with Crippen LogP contribution in [0.15, 0.2) is 71.0 Å². The van der Waals surface area contributed by atoms with Gasteiger partial charge in [-0.25, -0.2) is 0 Å². The lowest BCUT2D eigenvalue weighted by Crippen LogP contribution is -2.39. The summed E-state index contributed by atoms with van der Waals surface area (Å²) >= 11 is 0. The van der Waals surface area contributed by atoms with E-state index in [0.29, 0.717) is 25.2 Å². The summed E-state index contributed by atoms with van der Waals surface area (Å²) < 4.78 is 1.76. The molecule has 1 aliphatic carbocycles. The fourth-order valence-electron chi connectivity index (χ4n) is 5.64. The van der Waals surface area contributed by atoms with E-state index in [2.05, 4.69) is 20.8 Å². The van der Waals surface area contributed by atoms with Gasteiger partial charge in [-0.1, -0.05) is 45.0 Å². The predicted octanol–water partition coefficient (Wildman–Crippen LogP) is 5.56. The molecule has 0 N–H and O–H groups in total. The van der Waals surface area contributed by atoms with E-state index >= 15 is 0 Å². The van der Waals surface area contributed by atoms with E-state index in [-0.39, 0.29) is 28.7 Å². The summed E-state index contributed by atoms with van der Waals surface area (Å²) in [5.41, 5.74) is 4.36. The molecule has 2 amide bonds. The second-order valence-electron chi connectivity index (χ2n) is 11.4. The molecule has 6 heteroatoms. The zero-order chi connectivity index (χ0) is 27.2. The number of carbonyl (C=O) groups excluding carboxylic acids is 2. The summed E-state index contributed by atoms with van der Waals surface area (Å²) in [6.07, 6.45) is 3.59. The van der Waals surface area contributed by atoms with Crippen molar-refractivity contribution in [3.8, 4) is 0 Å². The summed E-state index contributed by atoms with van der Waals surface area (Å²) in [5, 5.41) is 0.941. The molecule has 2 aromatic carbocycles. The van der Waals surface area contributed by atoms with E-state index in [1.54, 1.807) is 22.6 Å². The van der Waals surface area contributed by atoms with Crippen LogP contribution in [-0.2, 0) is 11.3 Å². The van der Waals surface area contributed by atoms with Crippen molar-refractivity contribution < 1.29 is 9.59 Å². The van der Waals surface area contributed by atoms with Gasteiger partial charge in [0.15, 0.2) is 0 Å². The maximum atomic E-state index is 13.4. The molecule has 1 aliphatic heterocycles. The van der Waals surface area contributed by atoms with Gasteiger partial charge in [0.1, 0.15) is 5.92 Å². The number of hydrogen-bond donors (Lipinski definition) is 0. The van der Waals surface area contributed by atoms with E-state index in [1.807, 2.05) is 66.4 Å². The lowest BCUT2D eigenvalue weighted by Gasteiger charge is -2.33. The van der Waals surface area contributed by atoms with Crippen LogP contribution in [0.25, 0.3) is 10.9 Å². The Balaban J connectivity index is 1.41. The van der Waals surface area contributed by atoms with Gasteiger partial charge in [-0.05, 0) is 72.6 Å². The van der Waals surface area contributed by atoms with Crippen LogP contribution < -0.4 is 10.5 Å². The zero-order valence-corrected chi connectivity index (χ0v) is 23.0. The lowest BCUT2D eigenvalue weighted by molar-refractivity contribution is -0.128. The Bertz CT molecular complexity index is 1470. The van der Waals surface area contributed by atoms with E-state index in [9.17, 15) is 14.4 Å². The molecule has 1 aromatic heterocycles. The van der Waals surface area contributed by atoms with Crippen molar-refractivity contribution in [2.24, 2.45) is 5.41 Å². The Morgan fingerprint density at radius 1 is 1.00 bits per heavy atom. The number of aromatic nitrogens is 1. The molecule has 1 saturated heterocycles. The number of amides is 2. The van der Waals surface area contributed by atoms with Gasteiger partial charge in [-0.15, -0.1) is 0 Å². The highest BCUT2D eigenvalue weighted by Crippen LogP contribution is 2.46. The molecule has 6 nitrogen and oxygen atoms in total. The maximum Gasteiger partial charge on any atom is 0.258 e. The summed E-state index contributed by atoms with van der Waals surface area (Å²) in [6.45, 7) is 10.2. The van der Waals surface area contributed by atoms with Crippen LogP contribution in [0.3, 0.4) is 0 Å². The number of benzene rings is 2. The van der Waals surface area contributed by atoms with E-state index < -0.39 is 0 Å². The number of fused-ring (bicyclic) bond motifs is 1. The highest BCUT2D eigenvalue weighted by molar-refractivity contribution is 6.08. The molecule has 0 saturated carbocycles. The molecule has 0 atom stereocenters. The van der Waals surface area contributed by atoms with Gasteiger partial charge in [-0.3, -0.25) is 14.4 Å². The van der Waals surface area contributed by atoms with Crippen LogP contribution in [0.5, 0.6) is 0 Å². The Morgan fingerprint density at radius 3 is 2.29 bits per heavy atom. The van der Waals surface area contributed by atoms with Crippen LogP contribution >= 0.6 is 0 Å². The minimum atomic E-state index is -0.0951. The third kappa shape index (κ3) is 4.80. The van der Waals surface area contributed by atoms with Crippen molar-refractivity contribution in [3.63, 3.8) is 0 Å². The standard InChI is InChI=1S/C32H36N3O3/c1-6-35-28-13-12-22(30(37)33(5)23-10-8-7-9-11-23)18-25(28)24(20-29(35)36)21-14-16-34(17-15-21)31(38)26-19-27(26)32(2,3)4/h7-13,18-21H,6,14-17H2,1-5H3. The monoisotopic (exact) mass is 510 g/mol. The van der Waals surface area contributed by atoms with Crippen molar-refractivity contribution >= 4 is 28.4 Å². The molecule has 0 spiro atoms. The van der Waals surface area contributed by atoms with Gasteiger partial charge in [0.05, 0.1) is 5.52 Å². The molecular weight excluding hydrogens is 474 g/mol. The number of hydrogen-bond acceptors (Lipinski definition) is 3. The van der Waals surface area contributed by atoms with Crippen LogP contribution in [-0.4, -0.2) is 41.4 Å². The number of carbonyl (C=O) groups is 2. The van der Waals surface area contributed by atoms with Crippen molar-refractivity contribution in [1.29, 1.82) is 0 Å². The smallest absolute Gasteiger partial charge is 0.258 e. The van der Waals surface area contributed by atoms with Crippen molar-refractivity contribution in [2.45, 2.75) is 53.0 Å². The second kappa shape index (κ2) is 9.90. The highest BCUT2D eigenvalue weighted by Gasteiger charge is 2.42. The molecule has 3 aromatic rings. The minimum Gasteiger partial charge on any atom is -0.342 e. The molecule has 2 aliphatic rings. The first-order chi connectivity index (χ1) is 18.1. The number of anilines is 1. The number of aryl methyl sites for hydroxylation is 1. The number of rotatable bonds is 5. The molecule has 1 fully saturated rings. The molecule has 5 rings (SSSR count). The van der Waals surface area contributed by atoms with E-state index in [4.69, 9.17) is 0 Å². The van der Waals surface area contributed by atoms with Crippen LogP contribution in [0.1, 0.15) is 62.4 Å². The SMILES string of the molecule is CCn1c(=O)cc(C2CCN(C(=O)[C]3C=C3C(C)(C)C)CC2)c2cc(C(=O)N(C)c3ccccc3)ccc21. The van der Waals surface area contributed by atoms with E-state index in [0.717, 1.165) is 46.5 Å². The van der Waals surface area contributed by atoms with E-state index in [1.165, 1.54) is 0 Å². The summed E-state index contributed by atoms with van der Waals surface area (Å²) in [6, 6.07) is 17.0. The first-order valence-electron chi connectivity index (χ1n) is 13.5. The molecule has 0 bridgehead atoms. The number of piperidine rings is 1. The summed E-state index contributed by atoms with van der Waals surface area (Å²) in [5.74, 6) is 1.04. The normalized spacial score (nSPS) is 16.4. The van der Waals surface area contributed by atoms with Gasteiger partial charge in [-0.2, -0.15) is 0 Å². The van der Waals surface area contributed by atoms with Crippen molar-refractivity contribution in [1.82, 2.24) is 9.47 Å². The fraction of sp³-hybridized carbons (Fsp3) is 0.375. The highest BCUT2D eigenvalue weighted by atomic mass is 16.2. The van der Waals surface area contributed by atoms with Crippen molar-refractivity contribution in [3.05, 3.63) is 93.6 Å². The Labute approximate surface area is 224 Å². The molecule has 2 heterocycles. The zero-order valence-electron chi connectivity index (χ0n) is 23.0. The molecular formula is C32H36N3O3. The Morgan fingerprint density at radius 2 is 1.68 bits per heavy atom. The Hall–Kier alpha value is -3.67. The number of nitrogens with zero attached hydrogens (tertiary/aromatic N) is 3. The average molecular weight is 511 g/mol. The molecule has 1 radical (unpaired) electrons. The first-order valence-corrected chi connectivity index (χ1v) is 13.5. The van der Waals surface area contributed by atoms with Gasteiger partial charge in [0.2, 0.25) is 5.91 Å². The number of para-hydroxylation sites is 1. The van der Waals surface area contributed by atoms with Gasteiger partial charge in [0.25, 0.3) is 11.5 Å². The lowest BCUT2D eigenvalue weighted by atomic mass is 9.86. The predicted molar refractivity (Wildman–Crippen MR) is 152 cm³/mol. The molecule has 38 heavy (non-hydrogen) atoms. The number of pyridine rings is 1. The third-order valence-electron chi connectivity index (χ3n) is 7.91. The van der Waals surface area contributed by atoms with Crippen LogP contribution in [0, 0.1) is 11.3 Å². The minimum absolute atomic E-state index is 0.00479. The molecule has 0 unspecified atom stereocenters. The first kappa shape index (κ1) is 26.0. The molecule has 197 valence electrons. The number of likely N-dealkylation sites (tertiary alicyclic amines) is 1. The van der Waals surface area contributed by atoms with Crippen LogP contribution in [0.2, 0.25) is 0 Å². The fourth-order valence-corrected chi connectivity index (χ4v) is 5.64. The Kier molecular flexibility index (Phi) is 6.76. The van der Waals surface area contributed by atoms with Gasteiger partial charge < -0.3 is 14.4 Å². The summed E-state index contributed by atoms with van der Waals surface area (Å²) in [4.78, 5) is 43.1.